The Labute approximate surface area is 93.5 Å². The standard InChI is InChI=1S/C9H13NO5S/c1-7(2)5-10(11)6-8-9(3-4-15-8)16(12,13)14/h3-4,6-7H,5H2,1-2H3,(H,12,13,14). The van der Waals surface area contributed by atoms with Crippen LogP contribution in [0.2, 0.25) is 0 Å². The van der Waals surface area contributed by atoms with Crippen LogP contribution in [-0.2, 0) is 10.1 Å². The van der Waals surface area contributed by atoms with Gasteiger partial charge in [-0.3, -0.25) is 4.55 Å². The van der Waals surface area contributed by atoms with Gasteiger partial charge in [-0.15, -0.1) is 0 Å². The Balaban J connectivity index is 3.03. The molecule has 90 valence electrons. The van der Waals surface area contributed by atoms with Gasteiger partial charge in [0.2, 0.25) is 12.0 Å². The Kier molecular flexibility index (Phi) is 3.71. The second-order valence-corrected chi connectivity index (χ2v) is 5.14. The molecule has 0 fully saturated rings. The summed E-state index contributed by atoms with van der Waals surface area (Å²) in [6.45, 7) is 3.92. The first-order valence-corrected chi connectivity index (χ1v) is 6.08. The van der Waals surface area contributed by atoms with Crippen molar-refractivity contribution < 1.29 is 22.1 Å². The number of hydroxylamine groups is 1. The van der Waals surface area contributed by atoms with E-state index in [2.05, 4.69) is 0 Å². The van der Waals surface area contributed by atoms with Gasteiger partial charge in [0.1, 0.15) is 4.90 Å². The third-order valence-corrected chi connectivity index (χ3v) is 2.63. The molecule has 0 bridgehead atoms. The number of furan rings is 1. The lowest BCUT2D eigenvalue weighted by Gasteiger charge is -2.05. The summed E-state index contributed by atoms with van der Waals surface area (Å²) < 4.78 is 35.9. The number of rotatable bonds is 4. The van der Waals surface area contributed by atoms with Gasteiger partial charge in [-0.1, -0.05) is 13.8 Å². The predicted molar refractivity (Wildman–Crippen MR) is 57.0 cm³/mol. The summed E-state index contributed by atoms with van der Waals surface area (Å²) in [5, 5.41) is 11.3. The minimum absolute atomic E-state index is 0.137. The van der Waals surface area contributed by atoms with E-state index in [1.165, 1.54) is 0 Å². The van der Waals surface area contributed by atoms with Gasteiger partial charge in [-0.05, 0) is 6.07 Å². The highest BCUT2D eigenvalue weighted by molar-refractivity contribution is 7.86. The molecule has 0 saturated heterocycles. The van der Waals surface area contributed by atoms with E-state index in [0.717, 1.165) is 18.5 Å². The summed E-state index contributed by atoms with van der Waals surface area (Å²) in [5.74, 6) is -0.0314. The zero-order valence-electron chi connectivity index (χ0n) is 8.95. The lowest BCUT2D eigenvalue weighted by atomic mass is 10.2. The van der Waals surface area contributed by atoms with Crippen LogP contribution in [0.3, 0.4) is 0 Å². The van der Waals surface area contributed by atoms with E-state index in [9.17, 15) is 13.6 Å². The van der Waals surface area contributed by atoms with Crippen molar-refractivity contribution >= 4 is 16.3 Å². The molecule has 7 heteroatoms. The van der Waals surface area contributed by atoms with E-state index >= 15 is 0 Å². The van der Waals surface area contributed by atoms with Crippen LogP contribution in [0.4, 0.5) is 0 Å². The maximum absolute atomic E-state index is 11.3. The molecule has 0 radical (unpaired) electrons. The third kappa shape index (κ3) is 3.35. The maximum Gasteiger partial charge on any atom is 0.298 e. The van der Waals surface area contributed by atoms with Gasteiger partial charge in [-0.25, -0.2) is 4.74 Å². The van der Waals surface area contributed by atoms with Crippen LogP contribution in [-0.4, -0.2) is 30.5 Å². The first kappa shape index (κ1) is 12.7. The molecule has 0 aromatic carbocycles. The highest BCUT2D eigenvalue weighted by Crippen LogP contribution is 2.14. The summed E-state index contributed by atoms with van der Waals surface area (Å²) in [6.07, 6.45) is 2.10. The fraction of sp³-hybridized carbons (Fsp3) is 0.444. The first-order chi connectivity index (χ1) is 7.30. The Bertz CT molecular complexity index is 486. The molecule has 0 unspecified atom stereocenters. The lowest BCUT2D eigenvalue weighted by molar-refractivity contribution is -0.459. The number of hydrogen-bond acceptors (Lipinski definition) is 4. The topological polar surface area (TPSA) is 93.6 Å². The van der Waals surface area contributed by atoms with Crippen molar-refractivity contribution in [3.05, 3.63) is 23.3 Å². The van der Waals surface area contributed by atoms with Crippen LogP contribution >= 0.6 is 0 Å². The molecule has 0 aliphatic carbocycles. The smallest absolute Gasteiger partial charge is 0.298 e. The van der Waals surface area contributed by atoms with Gasteiger partial charge in [-0.2, -0.15) is 8.42 Å². The van der Waals surface area contributed by atoms with Gasteiger partial charge < -0.3 is 9.62 Å². The zero-order chi connectivity index (χ0) is 12.3. The molecule has 16 heavy (non-hydrogen) atoms. The van der Waals surface area contributed by atoms with Crippen molar-refractivity contribution in [2.75, 3.05) is 6.54 Å². The van der Waals surface area contributed by atoms with Crippen molar-refractivity contribution in [1.29, 1.82) is 0 Å². The highest BCUT2D eigenvalue weighted by Gasteiger charge is 2.19. The molecule has 6 nitrogen and oxygen atoms in total. The molecule has 1 heterocycles. The van der Waals surface area contributed by atoms with E-state index in [1.54, 1.807) is 0 Å². The SMILES string of the molecule is CC(C)C[N+]([O-])=Cc1occc1S(=O)(=O)O. The van der Waals surface area contributed by atoms with Gasteiger partial charge in [0.25, 0.3) is 10.1 Å². The van der Waals surface area contributed by atoms with Crippen LogP contribution in [0, 0.1) is 11.1 Å². The average molecular weight is 247 g/mol. The molecule has 0 saturated carbocycles. The van der Waals surface area contributed by atoms with Gasteiger partial charge >= 0.3 is 0 Å². The van der Waals surface area contributed by atoms with Crippen LogP contribution in [0.25, 0.3) is 0 Å². The van der Waals surface area contributed by atoms with Gasteiger partial charge in [0.15, 0.2) is 6.54 Å². The molecule has 1 rings (SSSR count). The molecule has 0 atom stereocenters. The fourth-order valence-electron chi connectivity index (χ4n) is 1.16. The van der Waals surface area contributed by atoms with Crippen molar-refractivity contribution in [2.45, 2.75) is 18.7 Å². The maximum atomic E-state index is 11.3. The number of nitrogens with zero attached hydrogens (tertiary/aromatic N) is 1. The second-order valence-electron chi connectivity index (χ2n) is 3.75. The minimum Gasteiger partial charge on any atom is -0.624 e. The van der Waals surface area contributed by atoms with Gasteiger partial charge in [0, 0.05) is 5.92 Å². The molecular formula is C9H13NO5S. The molecule has 0 aliphatic heterocycles. The monoisotopic (exact) mass is 247 g/mol. The van der Waals surface area contributed by atoms with Crippen LogP contribution in [0.5, 0.6) is 0 Å². The summed E-state index contributed by atoms with van der Waals surface area (Å²) in [6, 6.07) is 1.09. The van der Waals surface area contributed by atoms with E-state index in [-0.39, 0.29) is 18.2 Å². The summed E-state index contributed by atoms with van der Waals surface area (Å²) in [4.78, 5) is -0.405. The molecule has 1 aromatic rings. The normalized spacial score (nSPS) is 13.4. The van der Waals surface area contributed by atoms with Crippen LogP contribution in [0.15, 0.2) is 21.6 Å². The lowest BCUT2D eigenvalue weighted by Crippen LogP contribution is -2.13. The minimum atomic E-state index is -4.35. The Morgan fingerprint density at radius 1 is 1.62 bits per heavy atom. The van der Waals surface area contributed by atoms with Crippen LogP contribution in [0.1, 0.15) is 19.6 Å². The van der Waals surface area contributed by atoms with Crippen molar-refractivity contribution in [3.63, 3.8) is 0 Å². The highest BCUT2D eigenvalue weighted by atomic mass is 32.2. The third-order valence-electron chi connectivity index (χ3n) is 1.74. The van der Waals surface area contributed by atoms with Crippen molar-refractivity contribution in [2.24, 2.45) is 5.92 Å². The molecule has 0 aliphatic rings. The molecule has 1 aromatic heterocycles. The summed E-state index contributed by atoms with van der Waals surface area (Å²) >= 11 is 0. The van der Waals surface area contributed by atoms with E-state index in [1.807, 2.05) is 13.8 Å². The summed E-state index contributed by atoms with van der Waals surface area (Å²) in [7, 11) is -4.35. The summed E-state index contributed by atoms with van der Waals surface area (Å²) in [5.41, 5.74) is 0. The van der Waals surface area contributed by atoms with E-state index in [0.29, 0.717) is 4.74 Å². The van der Waals surface area contributed by atoms with E-state index < -0.39 is 15.0 Å². The zero-order valence-corrected chi connectivity index (χ0v) is 9.77. The average Bonchev–Trinajstić information content (AvgIpc) is 2.48. The van der Waals surface area contributed by atoms with Gasteiger partial charge in [0.05, 0.1) is 6.26 Å². The predicted octanol–water partition coefficient (Wildman–Crippen LogP) is 1.11. The molecule has 0 amide bonds. The molecule has 1 N–H and O–H groups in total. The Hall–Kier alpha value is -1.34. The van der Waals surface area contributed by atoms with Crippen LogP contribution < -0.4 is 0 Å². The Morgan fingerprint density at radius 2 is 2.25 bits per heavy atom. The Morgan fingerprint density at radius 3 is 2.75 bits per heavy atom. The second kappa shape index (κ2) is 4.67. The largest absolute Gasteiger partial charge is 0.624 e. The van der Waals surface area contributed by atoms with Crippen molar-refractivity contribution in [1.82, 2.24) is 0 Å². The molecular weight excluding hydrogens is 234 g/mol. The molecule has 0 spiro atoms. The van der Waals surface area contributed by atoms with Crippen molar-refractivity contribution in [3.8, 4) is 0 Å². The first-order valence-electron chi connectivity index (χ1n) is 4.64. The quantitative estimate of drug-likeness (QED) is 0.283. The fourth-order valence-corrected chi connectivity index (χ4v) is 1.74. The number of hydrogen-bond donors (Lipinski definition) is 1. The van der Waals surface area contributed by atoms with E-state index in [4.69, 9.17) is 8.97 Å².